The van der Waals surface area contributed by atoms with E-state index in [1.165, 1.54) is 0 Å². The van der Waals surface area contributed by atoms with Gasteiger partial charge in [0, 0.05) is 0 Å². The Morgan fingerprint density at radius 3 is 0.747 bits per heavy atom. The molecule has 0 aromatic heterocycles. The number of ether oxygens (including phenoxy) is 6. The van der Waals surface area contributed by atoms with Crippen LogP contribution in [0.1, 0.15) is 76.8 Å². The summed E-state index contributed by atoms with van der Waals surface area (Å²) in [6, 6.07) is 65.8. The van der Waals surface area contributed by atoms with Gasteiger partial charge in [0.2, 0.25) is 0 Å². The molecule has 0 radical (unpaired) electrons. The fourth-order valence-corrected chi connectivity index (χ4v) is 8.09. The molecule has 0 unspecified atom stereocenters. The third-order valence-corrected chi connectivity index (χ3v) is 12.4. The summed E-state index contributed by atoms with van der Waals surface area (Å²) in [4.78, 5) is 25.4. The standard InChI is InChI=1S/C65H58N2O8/c66-46-48-8-12-50(13-9-48)54-24-32-62(33-25-54)72-42-4-6-44-74-64(68)58-20-16-52(17-21-58)56-28-36-60(37-29-56)70-40-2-1-3-41-71-61-38-30-57(31-39-61)53-18-22-59(23-19-53)65(69)75-45-7-5-43-73-63-34-26-55(27-35-63)51-14-10-49(47-67)11-15-51/h8-39H,1-7,40-45H2. The van der Waals surface area contributed by atoms with Crippen molar-refractivity contribution >= 4 is 11.9 Å². The average Bonchev–Trinajstić information content (AvgIpc) is 3.47. The normalized spacial score (nSPS) is 10.6. The molecule has 0 aliphatic rings. The van der Waals surface area contributed by atoms with Crippen molar-refractivity contribution in [2.75, 3.05) is 39.6 Å². The van der Waals surface area contributed by atoms with E-state index in [1.54, 1.807) is 24.3 Å². The van der Waals surface area contributed by atoms with Gasteiger partial charge in [-0.05, 0) is 187 Å². The van der Waals surface area contributed by atoms with Gasteiger partial charge >= 0.3 is 11.9 Å². The fourth-order valence-electron chi connectivity index (χ4n) is 8.09. The van der Waals surface area contributed by atoms with Gasteiger partial charge in [0.05, 0.1) is 74.0 Å². The Labute approximate surface area is 439 Å². The van der Waals surface area contributed by atoms with Crippen LogP contribution in [0.15, 0.2) is 194 Å². The molecular formula is C65H58N2O8. The van der Waals surface area contributed by atoms with Crippen molar-refractivity contribution in [1.29, 1.82) is 10.5 Å². The van der Waals surface area contributed by atoms with Gasteiger partial charge in [-0.3, -0.25) is 0 Å². The third-order valence-electron chi connectivity index (χ3n) is 12.4. The van der Waals surface area contributed by atoms with Gasteiger partial charge in [0.1, 0.15) is 23.0 Å². The first-order valence-electron chi connectivity index (χ1n) is 25.4. The minimum atomic E-state index is -0.346. The number of carbonyl (C=O) groups excluding carboxylic acids is 2. The zero-order valence-electron chi connectivity index (χ0n) is 41.8. The van der Waals surface area contributed by atoms with E-state index >= 15 is 0 Å². The molecule has 10 nitrogen and oxygen atoms in total. The first kappa shape index (κ1) is 52.2. The van der Waals surface area contributed by atoms with Gasteiger partial charge in [0.25, 0.3) is 0 Å². The first-order valence-corrected chi connectivity index (χ1v) is 25.4. The maximum Gasteiger partial charge on any atom is 0.338 e. The molecule has 0 saturated carbocycles. The van der Waals surface area contributed by atoms with E-state index in [-0.39, 0.29) is 11.9 Å². The van der Waals surface area contributed by atoms with Gasteiger partial charge in [-0.1, -0.05) is 97.1 Å². The predicted molar refractivity (Wildman–Crippen MR) is 292 cm³/mol. The summed E-state index contributed by atoms with van der Waals surface area (Å²) < 4.78 is 34.8. The third kappa shape index (κ3) is 15.9. The number of rotatable bonds is 26. The van der Waals surface area contributed by atoms with Gasteiger partial charge in [-0.2, -0.15) is 10.5 Å². The average molecular weight is 995 g/mol. The van der Waals surface area contributed by atoms with Crippen LogP contribution < -0.4 is 18.9 Å². The van der Waals surface area contributed by atoms with E-state index in [2.05, 4.69) is 12.1 Å². The molecule has 0 aliphatic carbocycles. The summed E-state index contributed by atoms with van der Waals surface area (Å²) in [7, 11) is 0. The van der Waals surface area contributed by atoms with Crippen LogP contribution in [0.3, 0.4) is 0 Å². The summed E-state index contributed by atoms with van der Waals surface area (Å²) in [5.41, 5.74) is 10.5. The van der Waals surface area contributed by atoms with E-state index < -0.39 is 0 Å². The minimum Gasteiger partial charge on any atom is -0.494 e. The molecule has 0 saturated heterocycles. The zero-order chi connectivity index (χ0) is 51.9. The number of unbranched alkanes of at least 4 members (excludes halogenated alkanes) is 4. The highest BCUT2D eigenvalue weighted by molar-refractivity contribution is 5.90. The SMILES string of the molecule is N#Cc1ccc(-c2ccc(OCCCCOC(=O)c3ccc(-c4ccc(OCCCCCOc5ccc(-c6ccc(C(=O)OCCCCOc7ccc(-c8ccc(C#N)cc8)cc7)cc6)cc5)cc4)cc3)cc2)cc1. The van der Waals surface area contributed by atoms with Gasteiger partial charge in [-0.15, -0.1) is 0 Å². The van der Waals surface area contributed by atoms with E-state index in [4.69, 9.17) is 38.9 Å². The molecule has 0 spiro atoms. The Hall–Kier alpha value is -9.12. The van der Waals surface area contributed by atoms with Crippen LogP contribution in [0.5, 0.6) is 23.0 Å². The monoisotopic (exact) mass is 994 g/mol. The number of benzene rings is 8. The van der Waals surface area contributed by atoms with Crippen LogP contribution in [-0.4, -0.2) is 51.6 Å². The lowest BCUT2D eigenvalue weighted by Crippen LogP contribution is -2.07. The molecule has 8 aromatic rings. The lowest BCUT2D eigenvalue weighted by Gasteiger charge is -2.10. The number of carbonyl (C=O) groups is 2. The van der Waals surface area contributed by atoms with Crippen molar-refractivity contribution in [2.45, 2.75) is 44.9 Å². The number of nitrogens with zero attached hydrogens (tertiary/aromatic N) is 2. The predicted octanol–water partition coefficient (Wildman–Crippen LogP) is 14.8. The van der Waals surface area contributed by atoms with Crippen LogP contribution in [-0.2, 0) is 9.47 Å². The maximum absolute atomic E-state index is 12.7. The largest absolute Gasteiger partial charge is 0.494 e. The van der Waals surface area contributed by atoms with Crippen molar-refractivity contribution in [3.63, 3.8) is 0 Å². The molecule has 376 valence electrons. The van der Waals surface area contributed by atoms with Crippen molar-refractivity contribution in [2.24, 2.45) is 0 Å². The highest BCUT2D eigenvalue weighted by atomic mass is 16.5. The summed E-state index contributed by atoms with van der Waals surface area (Å²) >= 11 is 0. The van der Waals surface area contributed by atoms with Crippen LogP contribution in [0, 0.1) is 22.7 Å². The van der Waals surface area contributed by atoms with Crippen LogP contribution in [0.4, 0.5) is 0 Å². The summed E-state index contributed by atoms with van der Waals surface area (Å²) in [6.07, 6.45) is 5.68. The zero-order valence-corrected chi connectivity index (χ0v) is 41.8. The van der Waals surface area contributed by atoms with Gasteiger partial charge in [0.15, 0.2) is 0 Å². The minimum absolute atomic E-state index is 0.317. The number of nitriles is 2. The first-order chi connectivity index (χ1) is 36.9. The van der Waals surface area contributed by atoms with Crippen molar-refractivity contribution < 1.29 is 38.0 Å². The summed E-state index contributed by atoms with van der Waals surface area (Å²) in [6.45, 7) is 2.90. The second kappa shape index (κ2) is 27.6. The molecule has 8 aromatic carbocycles. The Bertz CT molecular complexity index is 2910. The van der Waals surface area contributed by atoms with Crippen molar-refractivity contribution in [3.8, 4) is 79.6 Å². The van der Waals surface area contributed by atoms with E-state index in [0.717, 1.165) is 99.6 Å². The molecule has 0 amide bonds. The Balaban J connectivity index is 0.637. The number of hydrogen-bond donors (Lipinski definition) is 0. The number of hydrogen-bond acceptors (Lipinski definition) is 10. The summed E-state index contributed by atoms with van der Waals surface area (Å²) in [5, 5.41) is 18.0. The summed E-state index contributed by atoms with van der Waals surface area (Å²) in [5.74, 6) is 2.48. The Kier molecular flexibility index (Phi) is 19.2. The molecule has 8 rings (SSSR count). The molecule has 0 N–H and O–H groups in total. The molecule has 10 heteroatoms. The van der Waals surface area contributed by atoms with E-state index in [9.17, 15) is 9.59 Å². The molecule has 75 heavy (non-hydrogen) atoms. The van der Waals surface area contributed by atoms with Gasteiger partial charge in [-0.25, -0.2) is 9.59 Å². The molecule has 0 atom stereocenters. The van der Waals surface area contributed by atoms with Gasteiger partial charge < -0.3 is 28.4 Å². The highest BCUT2D eigenvalue weighted by Gasteiger charge is 2.11. The highest BCUT2D eigenvalue weighted by Crippen LogP contribution is 2.27. The molecule has 0 bridgehead atoms. The molecular weight excluding hydrogens is 937 g/mol. The van der Waals surface area contributed by atoms with Crippen molar-refractivity contribution in [3.05, 3.63) is 216 Å². The molecule has 0 fully saturated rings. The van der Waals surface area contributed by atoms with Crippen LogP contribution >= 0.6 is 0 Å². The second-order valence-electron chi connectivity index (χ2n) is 17.8. The quantitative estimate of drug-likeness (QED) is 0.0381. The smallest absolute Gasteiger partial charge is 0.338 e. The lowest BCUT2D eigenvalue weighted by atomic mass is 10.0. The Morgan fingerprint density at radius 2 is 0.493 bits per heavy atom. The van der Waals surface area contributed by atoms with Crippen LogP contribution in [0.2, 0.25) is 0 Å². The maximum atomic E-state index is 12.7. The van der Waals surface area contributed by atoms with Crippen LogP contribution in [0.25, 0.3) is 44.5 Å². The molecule has 0 heterocycles. The number of esters is 2. The van der Waals surface area contributed by atoms with E-state index in [0.29, 0.717) is 74.7 Å². The van der Waals surface area contributed by atoms with E-state index in [1.807, 2.05) is 170 Å². The molecule has 0 aliphatic heterocycles. The fraction of sp³-hybridized carbons (Fsp3) is 0.200. The topological polar surface area (TPSA) is 137 Å². The Morgan fingerprint density at radius 1 is 0.280 bits per heavy atom. The second-order valence-corrected chi connectivity index (χ2v) is 17.8. The van der Waals surface area contributed by atoms with Crippen molar-refractivity contribution in [1.82, 2.24) is 0 Å². The lowest BCUT2D eigenvalue weighted by molar-refractivity contribution is 0.0485.